The second-order valence-corrected chi connectivity index (χ2v) is 9.59. The molecule has 1 aliphatic heterocycles. The summed E-state index contributed by atoms with van der Waals surface area (Å²) in [5, 5.41) is 5.49. The molecule has 2 atom stereocenters. The van der Waals surface area contributed by atoms with Crippen LogP contribution in [0.25, 0.3) is 0 Å². The molecule has 182 valence electrons. The summed E-state index contributed by atoms with van der Waals surface area (Å²) in [6.07, 6.45) is 1.22. The number of nitrogens with one attached hydrogen (secondary N) is 2. The van der Waals surface area contributed by atoms with Crippen LogP contribution in [0.5, 0.6) is 5.75 Å². The molecule has 0 spiro atoms. The van der Waals surface area contributed by atoms with E-state index in [-0.39, 0.29) is 23.5 Å². The largest absolute Gasteiger partial charge is 0.492 e. The summed E-state index contributed by atoms with van der Waals surface area (Å²) in [6.45, 7) is 9.27. The summed E-state index contributed by atoms with van der Waals surface area (Å²) in [4.78, 5) is 39.0. The fourth-order valence-corrected chi connectivity index (χ4v) is 3.88. The molecule has 0 aliphatic carbocycles. The highest BCUT2D eigenvalue weighted by Gasteiger charge is 2.34. The summed E-state index contributed by atoms with van der Waals surface area (Å²) in [7, 11) is 0. The van der Waals surface area contributed by atoms with Gasteiger partial charge in [-0.3, -0.25) is 19.7 Å². The van der Waals surface area contributed by atoms with E-state index in [0.717, 1.165) is 6.42 Å². The molecule has 8 nitrogen and oxygen atoms in total. The van der Waals surface area contributed by atoms with Gasteiger partial charge in [-0.1, -0.05) is 20.8 Å². The lowest BCUT2D eigenvalue weighted by Crippen LogP contribution is -2.60. The molecule has 2 amide bonds. The van der Waals surface area contributed by atoms with Crippen molar-refractivity contribution >= 4 is 51.0 Å². The van der Waals surface area contributed by atoms with E-state index >= 15 is 0 Å². The van der Waals surface area contributed by atoms with Crippen LogP contribution in [-0.2, 0) is 14.3 Å². The standard InChI is InChI=1S/C23H32BrN3O5S/c1-5-15(4)32-20(28)13-18-22(30)25-9-10-27(18)23(33)26-21(29)16-6-7-19(17(24)12-16)31-11-8-14(2)3/h6-7,12,14-15,18H,5,8-11,13H2,1-4H3,(H,25,30)(H,26,29,33). The van der Waals surface area contributed by atoms with E-state index in [2.05, 4.69) is 40.4 Å². The molecule has 2 N–H and O–H groups in total. The highest BCUT2D eigenvalue weighted by Crippen LogP contribution is 2.26. The summed E-state index contributed by atoms with van der Waals surface area (Å²) in [5.74, 6) is -0.0387. The monoisotopic (exact) mass is 541 g/mol. The van der Waals surface area contributed by atoms with E-state index in [9.17, 15) is 14.4 Å². The van der Waals surface area contributed by atoms with Crippen molar-refractivity contribution in [2.24, 2.45) is 5.92 Å². The number of ether oxygens (including phenoxy) is 2. The lowest BCUT2D eigenvalue weighted by Gasteiger charge is -2.36. The second-order valence-electron chi connectivity index (χ2n) is 8.35. The Labute approximate surface area is 208 Å². The molecule has 0 radical (unpaired) electrons. The summed E-state index contributed by atoms with van der Waals surface area (Å²) >= 11 is 8.85. The molecule has 0 bridgehead atoms. The number of benzene rings is 1. The van der Waals surface area contributed by atoms with E-state index in [4.69, 9.17) is 21.7 Å². The summed E-state index contributed by atoms with van der Waals surface area (Å²) in [5.41, 5.74) is 0.384. The first-order valence-corrected chi connectivity index (χ1v) is 12.3. The maximum atomic E-state index is 12.8. The quantitative estimate of drug-likeness (QED) is 0.365. The first-order chi connectivity index (χ1) is 15.6. The van der Waals surface area contributed by atoms with Crippen molar-refractivity contribution in [3.8, 4) is 5.75 Å². The number of hydrogen-bond donors (Lipinski definition) is 2. The first kappa shape index (κ1) is 27.0. The van der Waals surface area contributed by atoms with Crippen LogP contribution in [0, 0.1) is 5.92 Å². The van der Waals surface area contributed by atoms with Gasteiger partial charge in [-0.05, 0) is 72.0 Å². The summed E-state index contributed by atoms with van der Waals surface area (Å²) in [6, 6.07) is 4.19. The Hall–Kier alpha value is -2.20. The second kappa shape index (κ2) is 12.9. The van der Waals surface area contributed by atoms with Gasteiger partial charge in [-0.2, -0.15) is 0 Å². The lowest BCUT2D eigenvalue weighted by molar-refractivity contribution is -0.151. The molecule has 0 saturated carbocycles. The van der Waals surface area contributed by atoms with Crippen LogP contribution >= 0.6 is 28.1 Å². The van der Waals surface area contributed by atoms with Crippen molar-refractivity contribution in [1.29, 1.82) is 0 Å². The molecule has 2 unspecified atom stereocenters. The Morgan fingerprint density at radius 3 is 2.70 bits per heavy atom. The predicted octanol–water partition coefficient (Wildman–Crippen LogP) is 3.42. The molecule has 1 heterocycles. The number of nitrogens with zero attached hydrogens (tertiary/aromatic N) is 1. The Kier molecular flexibility index (Phi) is 10.6. The third-order valence-electron chi connectivity index (χ3n) is 5.23. The Morgan fingerprint density at radius 1 is 1.33 bits per heavy atom. The Balaban J connectivity index is 2.02. The number of esters is 1. The molecule has 10 heteroatoms. The van der Waals surface area contributed by atoms with Gasteiger partial charge in [0.2, 0.25) is 5.91 Å². The van der Waals surface area contributed by atoms with E-state index in [1.807, 2.05) is 6.92 Å². The lowest BCUT2D eigenvalue weighted by atomic mass is 10.1. The fraction of sp³-hybridized carbons (Fsp3) is 0.565. The molecule has 0 aromatic heterocycles. The van der Waals surface area contributed by atoms with Gasteiger partial charge in [0.15, 0.2) is 5.11 Å². The average Bonchev–Trinajstić information content (AvgIpc) is 2.75. The van der Waals surface area contributed by atoms with Crippen LogP contribution in [0.1, 0.15) is 57.3 Å². The maximum Gasteiger partial charge on any atom is 0.308 e. The number of halogens is 1. The van der Waals surface area contributed by atoms with E-state index in [1.54, 1.807) is 30.0 Å². The van der Waals surface area contributed by atoms with Crippen molar-refractivity contribution in [2.45, 2.75) is 59.1 Å². The molecule has 1 aromatic rings. The number of carbonyl (C=O) groups excluding carboxylic acids is 3. The third-order valence-corrected chi connectivity index (χ3v) is 6.18. The van der Waals surface area contributed by atoms with Crippen molar-refractivity contribution < 1.29 is 23.9 Å². The van der Waals surface area contributed by atoms with Crippen LogP contribution < -0.4 is 15.4 Å². The molecule has 1 aliphatic rings. The van der Waals surface area contributed by atoms with Crippen LogP contribution in [0.3, 0.4) is 0 Å². The van der Waals surface area contributed by atoms with E-state index in [0.29, 0.717) is 47.8 Å². The van der Waals surface area contributed by atoms with Gasteiger partial charge in [-0.25, -0.2) is 0 Å². The molecule has 33 heavy (non-hydrogen) atoms. The molecular weight excluding hydrogens is 510 g/mol. The van der Waals surface area contributed by atoms with Gasteiger partial charge in [0, 0.05) is 18.7 Å². The van der Waals surface area contributed by atoms with Crippen molar-refractivity contribution in [3.63, 3.8) is 0 Å². The van der Waals surface area contributed by atoms with Crippen LogP contribution in [-0.4, -0.2) is 59.6 Å². The molecule has 1 aromatic carbocycles. The minimum Gasteiger partial charge on any atom is -0.492 e. The van der Waals surface area contributed by atoms with Crippen molar-refractivity contribution in [1.82, 2.24) is 15.5 Å². The zero-order valence-electron chi connectivity index (χ0n) is 19.5. The molecule has 2 rings (SSSR count). The number of piperazine rings is 1. The fourth-order valence-electron chi connectivity index (χ4n) is 3.08. The zero-order chi connectivity index (χ0) is 24.5. The maximum absolute atomic E-state index is 12.8. The van der Waals surface area contributed by atoms with Crippen molar-refractivity contribution in [3.05, 3.63) is 28.2 Å². The number of hydrogen-bond acceptors (Lipinski definition) is 6. The van der Waals surface area contributed by atoms with Crippen LogP contribution in [0.15, 0.2) is 22.7 Å². The number of thiocarbonyl (C=S) groups is 1. The van der Waals surface area contributed by atoms with Crippen LogP contribution in [0.2, 0.25) is 0 Å². The number of amides is 2. The molecule has 1 fully saturated rings. The van der Waals surface area contributed by atoms with Crippen LogP contribution in [0.4, 0.5) is 0 Å². The third kappa shape index (κ3) is 8.26. The highest BCUT2D eigenvalue weighted by molar-refractivity contribution is 9.10. The first-order valence-electron chi connectivity index (χ1n) is 11.1. The van der Waals surface area contributed by atoms with Gasteiger partial charge in [0.25, 0.3) is 5.91 Å². The van der Waals surface area contributed by atoms with Gasteiger partial charge in [0.05, 0.1) is 23.6 Å². The summed E-state index contributed by atoms with van der Waals surface area (Å²) < 4.78 is 11.7. The Morgan fingerprint density at radius 2 is 2.06 bits per heavy atom. The van der Waals surface area contributed by atoms with Gasteiger partial charge in [-0.15, -0.1) is 0 Å². The smallest absolute Gasteiger partial charge is 0.308 e. The molecule has 1 saturated heterocycles. The number of carbonyl (C=O) groups is 3. The van der Waals surface area contributed by atoms with Crippen molar-refractivity contribution in [2.75, 3.05) is 19.7 Å². The topological polar surface area (TPSA) is 97.0 Å². The normalized spacial score (nSPS) is 16.7. The minimum absolute atomic E-state index is 0.0876. The zero-order valence-corrected chi connectivity index (χ0v) is 21.9. The van der Waals surface area contributed by atoms with E-state index in [1.165, 1.54) is 0 Å². The number of rotatable bonds is 9. The minimum atomic E-state index is -0.841. The SMILES string of the molecule is CCC(C)OC(=O)CC1C(=O)NCCN1C(=S)NC(=O)c1ccc(OCCC(C)C)c(Br)c1. The Bertz CT molecular complexity index is 880. The van der Waals surface area contributed by atoms with Gasteiger partial charge >= 0.3 is 5.97 Å². The van der Waals surface area contributed by atoms with Gasteiger partial charge < -0.3 is 19.7 Å². The van der Waals surface area contributed by atoms with E-state index < -0.39 is 17.9 Å². The van der Waals surface area contributed by atoms with Gasteiger partial charge in [0.1, 0.15) is 11.8 Å². The molecular formula is C23H32BrN3O5S. The highest BCUT2D eigenvalue weighted by atomic mass is 79.9. The predicted molar refractivity (Wildman–Crippen MR) is 133 cm³/mol. The average molecular weight is 542 g/mol.